The quantitative estimate of drug-likeness (QED) is 0.883. The van der Waals surface area contributed by atoms with E-state index in [1.165, 1.54) is 4.88 Å². The standard InChI is InChI=1S/C9H13Br2NOS/c1-3-13-5-7(12-2)8-4-6(10)9(11)14-8/h4,7,12H,3,5H2,1-2H3. The number of thiophene rings is 1. The van der Waals surface area contributed by atoms with Crippen molar-refractivity contribution in [2.75, 3.05) is 20.3 Å². The molecule has 0 fully saturated rings. The van der Waals surface area contributed by atoms with Crippen LogP contribution in [0.2, 0.25) is 0 Å². The van der Waals surface area contributed by atoms with Crippen molar-refractivity contribution < 1.29 is 4.74 Å². The summed E-state index contributed by atoms with van der Waals surface area (Å²) in [6, 6.07) is 2.40. The third kappa shape index (κ3) is 3.31. The summed E-state index contributed by atoms with van der Waals surface area (Å²) < 4.78 is 7.64. The number of ether oxygens (including phenoxy) is 1. The summed E-state index contributed by atoms with van der Waals surface area (Å²) in [5, 5.41) is 3.24. The van der Waals surface area contributed by atoms with E-state index in [1.807, 2.05) is 14.0 Å². The van der Waals surface area contributed by atoms with Crippen LogP contribution in [0.4, 0.5) is 0 Å². The fourth-order valence-corrected chi connectivity index (χ4v) is 3.26. The van der Waals surface area contributed by atoms with Crippen LogP contribution in [0.5, 0.6) is 0 Å². The molecule has 0 amide bonds. The van der Waals surface area contributed by atoms with Crippen LogP contribution < -0.4 is 5.32 Å². The van der Waals surface area contributed by atoms with Crippen molar-refractivity contribution in [2.45, 2.75) is 13.0 Å². The predicted molar refractivity (Wildman–Crippen MR) is 68.0 cm³/mol. The number of hydrogen-bond donors (Lipinski definition) is 1. The van der Waals surface area contributed by atoms with Crippen molar-refractivity contribution in [2.24, 2.45) is 0 Å². The van der Waals surface area contributed by atoms with E-state index in [1.54, 1.807) is 11.3 Å². The first-order valence-electron chi connectivity index (χ1n) is 4.38. The van der Waals surface area contributed by atoms with Gasteiger partial charge in [-0.2, -0.15) is 0 Å². The molecule has 1 aromatic heterocycles. The summed E-state index contributed by atoms with van der Waals surface area (Å²) >= 11 is 8.69. The van der Waals surface area contributed by atoms with Gasteiger partial charge in [-0.1, -0.05) is 0 Å². The van der Waals surface area contributed by atoms with E-state index in [0.29, 0.717) is 6.61 Å². The van der Waals surface area contributed by atoms with E-state index in [9.17, 15) is 0 Å². The number of hydrogen-bond acceptors (Lipinski definition) is 3. The minimum Gasteiger partial charge on any atom is -0.380 e. The van der Waals surface area contributed by atoms with Crippen molar-refractivity contribution in [3.05, 3.63) is 19.2 Å². The molecule has 0 aliphatic heterocycles. The summed E-state index contributed by atoms with van der Waals surface area (Å²) in [5.74, 6) is 0. The van der Waals surface area contributed by atoms with Crippen LogP contribution in [-0.2, 0) is 4.74 Å². The number of halogens is 2. The van der Waals surface area contributed by atoms with Crippen molar-refractivity contribution in [3.8, 4) is 0 Å². The number of likely N-dealkylation sites (N-methyl/N-ethyl adjacent to an activating group) is 1. The second-order valence-electron chi connectivity index (χ2n) is 2.77. The van der Waals surface area contributed by atoms with Crippen LogP contribution >= 0.6 is 43.2 Å². The summed E-state index contributed by atoms with van der Waals surface area (Å²) in [7, 11) is 1.95. The molecule has 14 heavy (non-hydrogen) atoms. The van der Waals surface area contributed by atoms with Gasteiger partial charge in [-0.25, -0.2) is 0 Å². The van der Waals surface area contributed by atoms with Crippen LogP contribution in [0.3, 0.4) is 0 Å². The smallest absolute Gasteiger partial charge is 0.0843 e. The molecule has 80 valence electrons. The zero-order chi connectivity index (χ0) is 10.6. The van der Waals surface area contributed by atoms with Gasteiger partial charge in [-0.3, -0.25) is 0 Å². The first-order chi connectivity index (χ1) is 6.69. The number of rotatable bonds is 5. The predicted octanol–water partition coefficient (Wildman–Crippen LogP) is 3.57. The van der Waals surface area contributed by atoms with E-state index in [0.717, 1.165) is 14.9 Å². The third-order valence-corrected chi connectivity index (χ3v) is 5.21. The van der Waals surface area contributed by atoms with Crippen molar-refractivity contribution in [3.63, 3.8) is 0 Å². The van der Waals surface area contributed by atoms with E-state index < -0.39 is 0 Å². The largest absolute Gasteiger partial charge is 0.380 e. The fourth-order valence-electron chi connectivity index (χ4n) is 1.08. The molecule has 1 unspecified atom stereocenters. The molecule has 0 bridgehead atoms. The van der Waals surface area contributed by atoms with Crippen LogP contribution in [0.1, 0.15) is 17.8 Å². The van der Waals surface area contributed by atoms with Crippen LogP contribution in [0.15, 0.2) is 14.3 Å². The maximum Gasteiger partial charge on any atom is 0.0843 e. The molecule has 0 aromatic carbocycles. The van der Waals surface area contributed by atoms with E-state index in [2.05, 4.69) is 43.2 Å². The van der Waals surface area contributed by atoms with Gasteiger partial charge in [0.05, 0.1) is 16.4 Å². The van der Waals surface area contributed by atoms with Gasteiger partial charge in [0.15, 0.2) is 0 Å². The van der Waals surface area contributed by atoms with E-state index in [-0.39, 0.29) is 6.04 Å². The Morgan fingerprint density at radius 2 is 2.29 bits per heavy atom. The van der Waals surface area contributed by atoms with Gasteiger partial charge in [0, 0.05) is 16.0 Å². The summed E-state index contributed by atoms with van der Waals surface area (Å²) in [6.45, 7) is 3.48. The molecular formula is C9H13Br2NOS. The Morgan fingerprint density at radius 1 is 1.57 bits per heavy atom. The molecule has 0 spiro atoms. The van der Waals surface area contributed by atoms with E-state index >= 15 is 0 Å². The van der Waals surface area contributed by atoms with E-state index in [4.69, 9.17) is 4.74 Å². The minimum atomic E-state index is 0.280. The number of nitrogens with one attached hydrogen (secondary N) is 1. The van der Waals surface area contributed by atoms with Crippen LogP contribution in [0.25, 0.3) is 0 Å². The van der Waals surface area contributed by atoms with Gasteiger partial charge in [0.1, 0.15) is 0 Å². The lowest BCUT2D eigenvalue weighted by Crippen LogP contribution is -2.20. The second kappa shape index (κ2) is 6.23. The highest BCUT2D eigenvalue weighted by molar-refractivity contribution is 9.13. The Labute approximate surface area is 105 Å². The molecule has 1 N–H and O–H groups in total. The first kappa shape index (κ1) is 12.6. The first-order valence-corrected chi connectivity index (χ1v) is 6.79. The Balaban J connectivity index is 2.68. The van der Waals surface area contributed by atoms with Crippen LogP contribution in [0, 0.1) is 0 Å². The summed E-state index contributed by atoms with van der Waals surface area (Å²) in [5.41, 5.74) is 0. The zero-order valence-electron chi connectivity index (χ0n) is 8.14. The fraction of sp³-hybridized carbons (Fsp3) is 0.556. The molecule has 0 saturated heterocycles. The normalized spacial score (nSPS) is 13.1. The van der Waals surface area contributed by atoms with Gasteiger partial charge < -0.3 is 10.1 Å². The molecule has 0 aliphatic rings. The van der Waals surface area contributed by atoms with Gasteiger partial charge in [-0.15, -0.1) is 11.3 Å². The lowest BCUT2D eigenvalue weighted by atomic mass is 10.2. The average Bonchev–Trinajstić information content (AvgIpc) is 2.48. The van der Waals surface area contributed by atoms with Crippen molar-refractivity contribution in [1.29, 1.82) is 0 Å². The Morgan fingerprint density at radius 3 is 2.71 bits per heavy atom. The monoisotopic (exact) mass is 341 g/mol. The molecule has 1 aromatic rings. The lowest BCUT2D eigenvalue weighted by Gasteiger charge is -2.13. The minimum absolute atomic E-state index is 0.280. The molecule has 0 radical (unpaired) electrons. The molecule has 0 saturated carbocycles. The Kier molecular flexibility index (Phi) is 5.62. The average molecular weight is 343 g/mol. The molecule has 1 rings (SSSR count). The van der Waals surface area contributed by atoms with Gasteiger partial charge in [-0.05, 0) is 51.9 Å². The third-order valence-electron chi connectivity index (χ3n) is 1.84. The van der Waals surface area contributed by atoms with Gasteiger partial charge in [0.2, 0.25) is 0 Å². The molecule has 1 atom stereocenters. The second-order valence-corrected chi connectivity index (χ2v) is 6.03. The van der Waals surface area contributed by atoms with Crippen molar-refractivity contribution >= 4 is 43.2 Å². The maximum atomic E-state index is 5.40. The molecule has 5 heteroatoms. The topological polar surface area (TPSA) is 21.3 Å². The molecule has 0 aliphatic carbocycles. The highest BCUT2D eigenvalue weighted by Crippen LogP contribution is 2.35. The Hall–Kier alpha value is 0.580. The lowest BCUT2D eigenvalue weighted by molar-refractivity contribution is 0.126. The SMILES string of the molecule is CCOCC(NC)c1cc(Br)c(Br)s1. The molecule has 1 heterocycles. The van der Waals surface area contributed by atoms with Crippen LogP contribution in [-0.4, -0.2) is 20.3 Å². The maximum absolute atomic E-state index is 5.40. The highest BCUT2D eigenvalue weighted by Gasteiger charge is 2.13. The van der Waals surface area contributed by atoms with Gasteiger partial charge >= 0.3 is 0 Å². The van der Waals surface area contributed by atoms with Gasteiger partial charge in [0.25, 0.3) is 0 Å². The summed E-state index contributed by atoms with van der Waals surface area (Å²) in [4.78, 5) is 1.28. The molecular weight excluding hydrogens is 330 g/mol. The summed E-state index contributed by atoms with van der Waals surface area (Å²) in [6.07, 6.45) is 0. The zero-order valence-corrected chi connectivity index (χ0v) is 12.1. The van der Waals surface area contributed by atoms with Crippen molar-refractivity contribution in [1.82, 2.24) is 5.32 Å². The Bertz CT molecular complexity index is 271. The molecule has 2 nitrogen and oxygen atoms in total. The highest BCUT2D eigenvalue weighted by atomic mass is 79.9.